The average molecular weight is 843 g/mol. The fraction of sp³-hybridized carbons (Fsp3) is 0.855. The first-order valence-electron chi connectivity index (χ1n) is 26.5. The van der Waals surface area contributed by atoms with Gasteiger partial charge in [-0.2, -0.15) is 0 Å². The molecular weight excluding hydrogens is 741 g/mol. The second-order valence-corrected chi connectivity index (χ2v) is 17.8. The molecule has 0 amide bonds. The summed E-state index contributed by atoms with van der Waals surface area (Å²) in [6.07, 6.45) is 61.5. The fourth-order valence-corrected chi connectivity index (χ4v) is 7.69. The number of carbonyl (C=O) groups excluding carboxylic acids is 2. The van der Waals surface area contributed by atoms with Crippen LogP contribution in [0.15, 0.2) is 36.5 Å². The predicted octanol–water partition coefficient (Wildman–Crippen LogP) is 17.8. The lowest BCUT2D eigenvalue weighted by Crippen LogP contribution is -2.30. The van der Waals surface area contributed by atoms with Crippen molar-refractivity contribution >= 4 is 11.9 Å². The van der Waals surface area contributed by atoms with Crippen LogP contribution in [-0.2, 0) is 23.8 Å². The standard InChI is InChI=1S/C55H102O5/c1-4-7-10-13-16-19-22-25-27-29-32-35-38-41-44-47-50-58-51-53(60-55(57)49-46-43-40-37-34-30-24-21-18-15-12-9-6-3)52-59-54(56)48-45-42-39-36-33-31-28-26-23-20-17-14-11-8-5-2/h17,20,26,28,33,36,53H,4-16,18-19,21-25,27,29-32,34-35,37-52H2,1-3H3/b20-17-,28-26-,36-33-/t53-/m1/s1. The van der Waals surface area contributed by atoms with Crippen molar-refractivity contribution in [2.24, 2.45) is 0 Å². The summed E-state index contributed by atoms with van der Waals surface area (Å²) in [6.45, 7) is 7.81. The molecule has 0 aromatic carbocycles. The lowest BCUT2D eigenvalue weighted by molar-refractivity contribution is -0.163. The Labute approximate surface area is 374 Å². The lowest BCUT2D eigenvalue weighted by atomic mass is 10.0. The molecule has 0 spiro atoms. The van der Waals surface area contributed by atoms with Crippen molar-refractivity contribution in [1.82, 2.24) is 0 Å². The summed E-state index contributed by atoms with van der Waals surface area (Å²) >= 11 is 0. The second kappa shape index (κ2) is 51.5. The number of allylic oxidation sites excluding steroid dienone is 6. The summed E-state index contributed by atoms with van der Waals surface area (Å²) in [4.78, 5) is 25.4. The topological polar surface area (TPSA) is 61.8 Å². The quantitative estimate of drug-likeness (QED) is 0.0347. The summed E-state index contributed by atoms with van der Waals surface area (Å²) in [7, 11) is 0. The summed E-state index contributed by atoms with van der Waals surface area (Å²) in [5.74, 6) is -0.425. The van der Waals surface area contributed by atoms with Gasteiger partial charge < -0.3 is 14.2 Å². The Balaban J connectivity index is 4.27. The van der Waals surface area contributed by atoms with Crippen LogP contribution in [0.1, 0.15) is 278 Å². The van der Waals surface area contributed by atoms with Gasteiger partial charge >= 0.3 is 11.9 Å². The minimum absolute atomic E-state index is 0.0717. The molecule has 60 heavy (non-hydrogen) atoms. The molecule has 0 radical (unpaired) electrons. The van der Waals surface area contributed by atoms with Crippen molar-refractivity contribution in [1.29, 1.82) is 0 Å². The molecule has 0 fully saturated rings. The first kappa shape index (κ1) is 58.1. The molecule has 5 heteroatoms. The monoisotopic (exact) mass is 843 g/mol. The molecule has 0 rings (SSSR count). The number of ether oxygens (including phenoxy) is 3. The van der Waals surface area contributed by atoms with Crippen molar-refractivity contribution in [3.8, 4) is 0 Å². The van der Waals surface area contributed by atoms with Gasteiger partial charge in [0, 0.05) is 19.4 Å². The van der Waals surface area contributed by atoms with Gasteiger partial charge in [-0.1, -0.05) is 243 Å². The first-order chi connectivity index (χ1) is 29.6. The van der Waals surface area contributed by atoms with Gasteiger partial charge in [0.1, 0.15) is 6.61 Å². The van der Waals surface area contributed by atoms with Gasteiger partial charge in [-0.05, 0) is 57.8 Å². The van der Waals surface area contributed by atoms with E-state index >= 15 is 0 Å². The van der Waals surface area contributed by atoms with Gasteiger partial charge in [-0.15, -0.1) is 0 Å². The maximum atomic E-state index is 12.8. The van der Waals surface area contributed by atoms with Crippen LogP contribution in [0.2, 0.25) is 0 Å². The van der Waals surface area contributed by atoms with Crippen molar-refractivity contribution < 1.29 is 23.8 Å². The molecule has 5 nitrogen and oxygen atoms in total. The van der Waals surface area contributed by atoms with Crippen molar-refractivity contribution in [3.63, 3.8) is 0 Å². The zero-order valence-corrected chi connectivity index (χ0v) is 40.5. The second-order valence-electron chi connectivity index (χ2n) is 17.8. The van der Waals surface area contributed by atoms with Gasteiger partial charge in [0.05, 0.1) is 6.61 Å². The van der Waals surface area contributed by atoms with E-state index in [4.69, 9.17) is 14.2 Å². The highest BCUT2D eigenvalue weighted by atomic mass is 16.6. The molecule has 1 atom stereocenters. The van der Waals surface area contributed by atoms with E-state index in [1.54, 1.807) is 0 Å². The SMILES string of the molecule is CCCCC/C=C\C/C=C\C/C=C\CCCCC(=O)OC[C@@H](COCCCCCCCCCCCCCCCCCC)OC(=O)CCCCCCCCCCCCCCC. The zero-order chi connectivity index (χ0) is 43.5. The Morgan fingerprint density at radius 2 is 0.700 bits per heavy atom. The Hall–Kier alpha value is -1.88. The summed E-state index contributed by atoms with van der Waals surface area (Å²) in [5.41, 5.74) is 0. The van der Waals surface area contributed by atoms with Crippen LogP contribution in [0, 0.1) is 0 Å². The van der Waals surface area contributed by atoms with Crippen molar-refractivity contribution in [3.05, 3.63) is 36.5 Å². The molecule has 0 heterocycles. The number of hydrogen-bond acceptors (Lipinski definition) is 5. The van der Waals surface area contributed by atoms with Gasteiger partial charge in [-0.3, -0.25) is 9.59 Å². The third-order valence-electron chi connectivity index (χ3n) is 11.7. The number of esters is 2. The molecule has 0 aliphatic carbocycles. The highest BCUT2D eigenvalue weighted by molar-refractivity contribution is 5.70. The summed E-state index contributed by atoms with van der Waals surface area (Å²) in [6, 6.07) is 0. The number of carbonyl (C=O) groups is 2. The van der Waals surface area contributed by atoms with Crippen molar-refractivity contribution in [2.45, 2.75) is 284 Å². The van der Waals surface area contributed by atoms with Crippen LogP contribution in [0.25, 0.3) is 0 Å². The first-order valence-corrected chi connectivity index (χ1v) is 26.5. The molecule has 0 N–H and O–H groups in total. The summed E-state index contributed by atoms with van der Waals surface area (Å²) in [5, 5.41) is 0. The molecular formula is C55H102O5. The molecule has 0 saturated carbocycles. The molecule has 0 aromatic heterocycles. The largest absolute Gasteiger partial charge is 0.462 e. The van der Waals surface area contributed by atoms with Crippen molar-refractivity contribution in [2.75, 3.05) is 19.8 Å². The average Bonchev–Trinajstić information content (AvgIpc) is 3.25. The molecule has 0 aliphatic heterocycles. The van der Waals surface area contributed by atoms with E-state index in [1.807, 2.05) is 0 Å². The van der Waals surface area contributed by atoms with E-state index in [2.05, 4.69) is 57.2 Å². The van der Waals surface area contributed by atoms with Crippen LogP contribution in [0.5, 0.6) is 0 Å². The van der Waals surface area contributed by atoms with Gasteiger partial charge in [0.15, 0.2) is 6.10 Å². The Morgan fingerprint density at radius 1 is 0.367 bits per heavy atom. The number of unbranched alkanes of at least 4 members (excludes halogenated alkanes) is 32. The molecule has 0 aliphatic rings. The highest BCUT2D eigenvalue weighted by Crippen LogP contribution is 2.16. The fourth-order valence-electron chi connectivity index (χ4n) is 7.69. The smallest absolute Gasteiger partial charge is 0.306 e. The van der Waals surface area contributed by atoms with E-state index < -0.39 is 6.10 Å². The van der Waals surface area contributed by atoms with E-state index in [-0.39, 0.29) is 25.2 Å². The highest BCUT2D eigenvalue weighted by Gasteiger charge is 2.17. The third-order valence-corrected chi connectivity index (χ3v) is 11.7. The molecule has 0 saturated heterocycles. The molecule has 352 valence electrons. The predicted molar refractivity (Wildman–Crippen MR) is 261 cm³/mol. The Morgan fingerprint density at radius 3 is 1.15 bits per heavy atom. The minimum Gasteiger partial charge on any atom is -0.462 e. The van der Waals surface area contributed by atoms with Crippen LogP contribution in [-0.4, -0.2) is 37.9 Å². The maximum absolute atomic E-state index is 12.8. The van der Waals surface area contributed by atoms with Gasteiger partial charge in [0.2, 0.25) is 0 Å². The van der Waals surface area contributed by atoms with Crippen LogP contribution in [0.3, 0.4) is 0 Å². The van der Waals surface area contributed by atoms with E-state index in [0.717, 1.165) is 51.4 Å². The molecule has 0 unspecified atom stereocenters. The lowest BCUT2D eigenvalue weighted by Gasteiger charge is -2.18. The van der Waals surface area contributed by atoms with Gasteiger partial charge in [-0.25, -0.2) is 0 Å². The normalized spacial score (nSPS) is 12.4. The van der Waals surface area contributed by atoms with E-state index in [1.165, 1.54) is 193 Å². The van der Waals surface area contributed by atoms with Crippen LogP contribution in [0.4, 0.5) is 0 Å². The molecule has 0 bridgehead atoms. The number of hydrogen-bond donors (Lipinski definition) is 0. The van der Waals surface area contributed by atoms with Crippen LogP contribution < -0.4 is 0 Å². The number of rotatable bonds is 49. The molecule has 0 aromatic rings. The maximum Gasteiger partial charge on any atom is 0.306 e. The minimum atomic E-state index is -0.544. The summed E-state index contributed by atoms with van der Waals surface area (Å²) < 4.78 is 17.4. The van der Waals surface area contributed by atoms with E-state index in [0.29, 0.717) is 19.4 Å². The van der Waals surface area contributed by atoms with Gasteiger partial charge in [0.25, 0.3) is 0 Å². The van der Waals surface area contributed by atoms with E-state index in [9.17, 15) is 9.59 Å². The zero-order valence-electron chi connectivity index (χ0n) is 40.5. The Kier molecular flexibility index (Phi) is 49.9. The Bertz CT molecular complexity index is 955. The third kappa shape index (κ3) is 48.8. The van der Waals surface area contributed by atoms with Crippen LogP contribution >= 0.6 is 0 Å².